The fourth-order valence-corrected chi connectivity index (χ4v) is 7.60. The summed E-state index contributed by atoms with van der Waals surface area (Å²) in [5, 5.41) is 4.97. The van der Waals surface area contributed by atoms with Crippen molar-refractivity contribution in [3.63, 3.8) is 0 Å². The van der Waals surface area contributed by atoms with Crippen molar-refractivity contribution in [2.24, 2.45) is 10.7 Å². The van der Waals surface area contributed by atoms with E-state index in [0.717, 1.165) is 35.1 Å². The summed E-state index contributed by atoms with van der Waals surface area (Å²) in [5.74, 6) is 0. The molecular weight excluding hydrogens is 619 g/mol. The molecule has 1 aromatic heterocycles. The molecule has 0 fully saturated rings. The Morgan fingerprint density at radius 2 is 1.55 bits per heavy atom. The molecule has 3 nitrogen and oxygen atoms in total. The van der Waals surface area contributed by atoms with Crippen molar-refractivity contribution in [1.82, 2.24) is 4.57 Å². The molecule has 5 aromatic carbocycles. The lowest BCUT2D eigenvalue weighted by molar-refractivity contribution is 0.939. The van der Waals surface area contributed by atoms with Gasteiger partial charge in [0.15, 0.2) is 0 Å². The van der Waals surface area contributed by atoms with Crippen molar-refractivity contribution in [3.8, 4) is 16.8 Å². The minimum absolute atomic E-state index is 0.875. The number of aliphatic imine (C=N–C) groups is 1. The van der Waals surface area contributed by atoms with E-state index in [1.54, 1.807) is 12.3 Å². The van der Waals surface area contributed by atoms with E-state index < -0.39 is 0 Å². The Bertz CT molecular complexity index is 2540. The largest absolute Gasteiger partial charge is 0.404 e. The monoisotopic (exact) mass is 661 g/mol. The van der Waals surface area contributed by atoms with Gasteiger partial charge in [-0.1, -0.05) is 142 Å². The molecule has 3 heteroatoms. The maximum absolute atomic E-state index is 6.02. The lowest BCUT2D eigenvalue weighted by Crippen LogP contribution is -2.06. The number of nitrogens with two attached hydrogens (primary N) is 1. The molecule has 0 unspecified atom stereocenters. The molecule has 0 bridgehead atoms. The minimum atomic E-state index is 0.875. The minimum Gasteiger partial charge on any atom is -0.404 e. The zero-order valence-electron chi connectivity index (χ0n) is 29.7. The Morgan fingerprint density at radius 3 is 2.27 bits per heavy atom. The quantitative estimate of drug-likeness (QED) is 0.162. The smallest absolute Gasteiger partial charge is 0.0579 e. The van der Waals surface area contributed by atoms with Crippen molar-refractivity contribution in [2.45, 2.75) is 33.6 Å². The van der Waals surface area contributed by atoms with E-state index in [1.807, 2.05) is 39.3 Å². The van der Waals surface area contributed by atoms with Gasteiger partial charge in [0.05, 0.1) is 16.7 Å². The van der Waals surface area contributed by atoms with Crippen LogP contribution in [0.3, 0.4) is 0 Å². The zero-order chi connectivity index (χ0) is 35.5. The van der Waals surface area contributed by atoms with Crippen LogP contribution in [0, 0.1) is 0 Å². The summed E-state index contributed by atoms with van der Waals surface area (Å²) in [6.45, 7) is 14.2. The van der Waals surface area contributed by atoms with Gasteiger partial charge in [-0.2, -0.15) is 0 Å². The van der Waals surface area contributed by atoms with Crippen molar-refractivity contribution < 1.29 is 0 Å². The van der Waals surface area contributed by atoms with Gasteiger partial charge >= 0.3 is 0 Å². The van der Waals surface area contributed by atoms with E-state index in [0.29, 0.717) is 0 Å². The number of hydrogen-bond acceptors (Lipinski definition) is 2. The first-order valence-corrected chi connectivity index (χ1v) is 17.8. The highest BCUT2D eigenvalue weighted by molar-refractivity contribution is 6.17. The van der Waals surface area contributed by atoms with Crippen LogP contribution in [0.2, 0.25) is 0 Å². The van der Waals surface area contributed by atoms with Gasteiger partial charge < -0.3 is 10.3 Å². The molecule has 250 valence electrons. The molecule has 51 heavy (non-hydrogen) atoms. The summed E-state index contributed by atoms with van der Waals surface area (Å²) in [6.07, 6.45) is 17.6. The van der Waals surface area contributed by atoms with Crippen LogP contribution in [0.4, 0.5) is 0 Å². The molecule has 1 aliphatic heterocycles. The Kier molecular flexibility index (Phi) is 9.37. The molecule has 0 atom stereocenters. The lowest BCUT2D eigenvalue weighted by atomic mass is 9.84. The Hall–Kier alpha value is -6.19. The Morgan fingerprint density at radius 1 is 0.804 bits per heavy atom. The lowest BCUT2D eigenvalue weighted by Gasteiger charge is -2.22. The van der Waals surface area contributed by atoms with Crippen LogP contribution in [0.5, 0.6) is 0 Å². The molecule has 1 aliphatic carbocycles. The Balaban J connectivity index is 0.00000200. The number of rotatable bonds is 8. The highest BCUT2D eigenvalue weighted by Gasteiger charge is 2.23. The summed E-state index contributed by atoms with van der Waals surface area (Å²) in [6, 6.07) is 35.5. The number of aromatic nitrogens is 1. The molecular formula is C48H43N3. The molecule has 0 spiro atoms. The number of allylic oxidation sites excluding steroid dienone is 9. The maximum Gasteiger partial charge on any atom is 0.0579 e. The summed E-state index contributed by atoms with van der Waals surface area (Å²) in [4.78, 5) is 4.25. The van der Waals surface area contributed by atoms with Gasteiger partial charge in [0.25, 0.3) is 0 Å². The first-order valence-electron chi connectivity index (χ1n) is 17.8. The number of benzene rings is 5. The van der Waals surface area contributed by atoms with E-state index >= 15 is 0 Å². The molecule has 8 rings (SSSR count). The third-order valence-electron chi connectivity index (χ3n) is 9.91. The second-order valence-corrected chi connectivity index (χ2v) is 12.5. The van der Waals surface area contributed by atoms with E-state index in [1.165, 1.54) is 71.7 Å². The first-order chi connectivity index (χ1) is 25.1. The number of fused-ring (bicyclic) bond motifs is 6. The second-order valence-electron chi connectivity index (χ2n) is 12.5. The van der Waals surface area contributed by atoms with Crippen LogP contribution >= 0.6 is 0 Å². The average molecular weight is 662 g/mol. The molecule has 0 radical (unpaired) electrons. The summed E-state index contributed by atoms with van der Waals surface area (Å²) in [5.41, 5.74) is 21.3. The second kappa shape index (κ2) is 14.3. The number of aryl methyl sites for hydroxylation is 1. The number of nitrogens with zero attached hydrogens (tertiary/aromatic N) is 2. The molecule has 0 saturated heterocycles. The van der Waals surface area contributed by atoms with Gasteiger partial charge in [0.2, 0.25) is 0 Å². The molecule has 2 N–H and O–H groups in total. The molecule has 0 amide bonds. The van der Waals surface area contributed by atoms with Crippen LogP contribution in [0.1, 0.15) is 43.9 Å². The first kappa shape index (κ1) is 33.3. The van der Waals surface area contributed by atoms with E-state index in [2.05, 4.69) is 138 Å². The summed E-state index contributed by atoms with van der Waals surface area (Å²) in [7, 11) is 0. The van der Waals surface area contributed by atoms with E-state index in [9.17, 15) is 0 Å². The van der Waals surface area contributed by atoms with Crippen LogP contribution in [-0.4, -0.2) is 10.8 Å². The van der Waals surface area contributed by atoms with Gasteiger partial charge in [0.1, 0.15) is 0 Å². The van der Waals surface area contributed by atoms with Gasteiger partial charge in [-0.3, -0.25) is 4.99 Å². The summed E-state index contributed by atoms with van der Waals surface area (Å²) >= 11 is 0. The fraction of sp³-hybridized carbons (Fsp3) is 0.104. The van der Waals surface area contributed by atoms with Crippen molar-refractivity contribution in [2.75, 3.05) is 0 Å². The maximum atomic E-state index is 6.02. The molecule has 6 aromatic rings. The van der Waals surface area contributed by atoms with Crippen LogP contribution in [0.25, 0.3) is 61.0 Å². The van der Waals surface area contributed by atoms with Crippen molar-refractivity contribution in [3.05, 3.63) is 186 Å². The molecule has 2 aliphatic rings. The van der Waals surface area contributed by atoms with Crippen LogP contribution < -0.4 is 5.73 Å². The topological polar surface area (TPSA) is 43.3 Å². The molecule has 2 heterocycles. The SMILES string of the molecule is C=CC(=C(\C=C/C)C1=Cc2ccc3c4ccc(-c5ccccc5C5=CN=C5)cc4n(-c4cccc5ccccc45)c3c2CC1)/C(C=C)=C/N.CC. The van der Waals surface area contributed by atoms with Gasteiger partial charge in [-0.15, -0.1) is 0 Å². The van der Waals surface area contributed by atoms with Crippen LogP contribution in [-0.2, 0) is 6.42 Å². The third-order valence-corrected chi connectivity index (χ3v) is 9.91. The van der Waals surface area contributed by atoms with Crippen molar-refractivity contribution in [1.29, 1.82) is 0 Å². The van der Waals surface area contributed by atoms with E-state index in [-0.39, 0.29) is 0 Å². The van der Waals surface area contributed by atoms with E-state index in [4.69, 9.17) is 5.73 Å². The highest BCUT2D eigenvalue weighted by Crippen LogP contribution is 2.43. The third kappa shape index (κ3) is 5.71. The summed E-state index contributed by atoms with van der Waals surface area (Å²) < 4.78 is 2.52. The fourth-order valence-electron chi connectivity index (χ4n) is 7.60. The predicted molar refractivity (Wildman–Crippen MR) is 222 cm³/mol. The number of hydrogen-bond donors (Lipinski definition) is 1. The molecule has 0 saturated carbocycles. The van der Waals surface area contributed by atoms with Gasteiger partial charge in [0, 0.05) is 40.3 Å². The Labute approximate surface area is 301 Å². The average Bonchev–Trinajstić information content (AvgIpc) is 3.50. The van der Waals surface area contributed by atoms with Crippen LogP contribution in [0.15, 0.2) is 174 Å². The van der Waals surface area contributed by atoms with Crippen molar-refractivity contribution >= 4 is 50.4 Å². The highest BCUT2D eigenvalue weighted by atomic mass is 15.0. The normalized spacial score (nSPS) is 14.4. The van der Waals surface area contributed by atoms with Gasteiger partial charge in [-0.05, 0) is 87.4 Å². The van der Waals surface area contributed by atoms with Gasteiger partial charge in [-0.25, -0.2) is 0 Å². The predicted octanol–water partition coefficient (Wildman–Crippen LogP) is 12.5. The zero-order valence-corrected chi connectivity index (χ0v) is 29.7. The standard InChI is InChI=1S/C46H37N3.C2H6/c1-4-12-37(36(6-3)30(5-2)27-47)32-19-22-41-33(25-32)21-24-43-42-23-20-34(38-15-9-10-16-39(38)35-28-48-29-35)26-45(42)49(46(41)43)44-18-11-14-31-13-7-8-17-40(31)44;1-2/h4-18,20-21,23-29H,2-3,19,22,47H2,1H3;1-2H3/b12-4-,30-27+,37-36-;.